The number of anilines is 1. The van der Waals surface area contributed by atoms with E-state index in [2.05, 4.69) is 57.2 Å². The summed E-state index contributed by atoms with van der Waals surface area (Å²) in [6.07, 6.45) is 4.69. The SMILES string of the molecule is CCCc1cc(N2CCO[C@@H](Cc3ccccc3)C2)n2ncnc2n1. The van der Waals surface area contributed by atoms with E-state index in [-0.39, 0.29) is 6.10 Å². The minimum Gasteiger partial charge on any atom is -0.374 e. The van der Waals surface area contributed by atoms with Crippen molar-refractivity contribution in [3.8, 4) is 0 Å². The lowest BCUT2D eigenvalue weighted by molar-refractivity contribution is 0.0406. The Balaban J connectivity index is 1.58. The molecule has 0 N–H and O–H groups in total. The zero-order chi connectivity index (χ0) is 17.1. The van der Waals surface area contributed by atoms with Gasteiger partial charge in [0.1, 0.15) is 12.1 Å². The van der Waals surface area contributed by atoms with E-state index in [0.717, 1.165) is 50.5 Å². The fourth-order valence-corrected chi connectivity index (χ4v) is 3.38. The Morgan fingerprint density at radius 1 is 1.24 bits per heavy atom. The molecule has 1 aromatic carbocycles. The van der Waals surface area contributed by atoms with E-state index < -0.39 is 0 Å². The lowest BCUT2D eigenvalue weighted by Crippen LogP contribution is -2.44. The van der Waals surface area contributed by atoms with Gasteiger partial charge in [0.25, 0.3) is 5.78 Å². The Bertz CT molecular complexity index is 832. The molecule has 1 aliphatic heterocycles. The standard InChI is InChI=1S/C19H23N5O/c1-2-6-16-12-18(24-19(22-16)20-14-21-24)23-9-10-25-17(13-23)11-15-7-4-3-5-8-15/h3-5,7-8,12,14,17H,2,6,9-11,13H2,1H3/t17-/m0/s1. The Hall–Kier alpha value is -2.47. The van der Waals surface area contributed by atoms with Crippen LogP contribution in [-0.4, -0.2) is 45.4 Å². The quantitative estimate of drug-likeness (QED) is 0.716. The molecule has 1 aliphatic rings. The number of fused-ring (bicyclic) bond motifs is 1. The minimum atomic E-state index is 0.178. The number of aromatic nitrogens is 4. The molecule has 4 rings (SSSR count). The maximum atomic E-state index is 6.00. The molecule has 3 heterocycles. The van der Waals surface area contributed by atoms with E-state index in [9.17, 15) is 0 Å². The molecule has 0 radical (unpaired) electrons. The lowest BCUT2D eigenvalue weighted by Gasteiger charge is -2.34. The molecule has 0 amide bonds. The smallest absolute Gasteiger partial charge is 0.254 e. The number of morpholine rings is 1. The first kappa shape index (κ1) is 16.0. The van der Waals surface area contributed by atoms with Crippen molar-refractivity contribution < 1.29 is 4.74 Å². The van der Waals surface area contributed by atoms with Crippen molar-refractivity contribution in [1.82, 2.24) is 19.6 Å². The van der Waals surface area contributed by atoms with E-state index in [1.54, 1.807) is 6.33 Å². The molecule has 0 aliphatic carbocycles. The summed E-state index contributed by atoms with van der Waals surface area (Å²) >= 11 is 0. The summed E-state index contributed by atoms with van der Waals surface area (Å²) in [4.78, 5) is 11.2. The molecular weight excluding hydrogens is 314 g/mol. The fraction of sp³-hybridized carbons (Fsp3) is 0.421. The van der Waals surface area contributed by atoms with E-state index in [0.29, 0.717) is 5.78 Å². The monoisotopic (exact) mass is 337 g/mol. The molecule has 0 saturated carbocycles. The van der Waals surface area contributed by atoms with Gasteiger partial charge in [0.15, 0.2) is 0 Å². The second kappa shape index (κ2) is 7.19. The molecule has 0 bridgehead atoms. The van der Waals surface area contributed by atoms with Crippen LogP contribution in [0, 0.1) is 0 Å². The zero-order valence-electron chi connectivity index (χ0n) is 14.5. The fourth-order valence-electron chi connectivity index (χ4n) is 3.38. The molecular formula is C19H23N5O. The first-order chi connectivity index (χ1) is 12.3. The highest BCUT2D eigenvalue weighted by molar-refractivity contribution is 5.48. The van der Waals surface area contributed by atoms with Gasteiger partial charge < -0.3 is 9.64 Å². The molecule has 1 saturated heterocycles. The summed E-state index contributed by atoms with van der Waals surface area (Å²) in [5.41, 5.74) is 2.38. The van der Waals surface area contributed by atoms with Gasteiger partial charge in [-0.1, -0.05) is 43.7 Å². The second-order valence-electron chi connectivity index (χ2n) is 6.46. The summed E-state index contributed by atoms with van der Waals surface area (Å²) in [5, 5.41) is 4.36. The van der Waals surface area contributed by atoms with E-state index in [1.165, 1.54) is 5.56 Å². The highest BCUT2D eigenvalue weighted by Crippen LogP contribution is 2.21. The van der Waals surface area contributed by atoms with Crippen molar-refractivity contribution in [1.29, 1.82) is 0 Å². The predicted molar refractivity (Wildman–Crippen MR) is 96.9 cm³/mol. The summed E-state index contributed by atoms with van der Waals surface area (Å²) in [6, 6.07) is 12.7. The van der Waals surface area contributed by atoms with Gasteiger partial charge in [-0.15, -0.1) is 0 Å². The van der Waals surface area contributed by atoms with Gasteiger partial charge in [-0.05, 0) is 12.0 Å². The highest BCUT2D eigenvalue weighted by atomic mass is 16.5. The Labute approximate surface area is 147 Å². The normalized spacial score (nSPS) is 18.0. The maximum Gasteiger partial charge on any atom is 0.254 e. The Morgan fingerprint density at radius 3 is 2.96 bits per heavy atom. The third-order valence-electron chi connectivity index (χ3n) is 4.56. The molecule has 0 unspecified atom stereocenters. The predicted octanol–water partition coefficient (Wildman–Crippen LogP) is 2.52. The van der Waals surface area contributed by atoms with Crippen molar-refractivity contribution in [2.45, 2.75) is 32.3 Å². The van der Waals surface area contributed by atoms with Gasteiger partial charge >= 0.3 is 0 Å². The van der Waals surface area contributed by atoms with Gasteiger partial charge in [-0.2, -0.15) is 14.6 Å². The Morgan fingerprint density at radius 2 is 2.12 bits per heavy atom. The van der Waals surface area contributed by atoms with Crippen LogP contribution in [-0.2, 0) is 17.6 Å². The lowest BCUT2D eigenvalue weighted by atomic mass is 10.1. The van der Waals surface area contributed by atoms with Crippen LogP contribution in [0.4, 0.5) is 5.82 Å². The van der Waals surface area contributed by atoms with Crippen molar-refractivity contribution in [3.63, 3.8) is 0 Å². The molecule has 1 fully saturated rings. The van der Waals surface area contributed by atoms with Crippen LogP contribution >= 0.6 is 0 Å². The van der Waals surface area contributed by atoms with Crippen LogP contribution in [0.1, 0.15) is 24.6 Å². The number of hydrogen-bond acceptors (Lipinski definition) is 5. The van der Waals surface area contributed by atoms with Crippen molar-refractivity contribution in [2.24, 2.45) is 0 Å². The van der Waals surface area contributed by atoms with E-state index >= 15 is 0 Å². The molecule has 6 nitrogen and oxygen atoms in total. The van der Waals surface area contributed by atoms with Gasteiger partial charge in [-0.25, -0.2) is 4.98 Å². The number of hydrogen-bond donors (Lipinski definition) is 0. The minimum absolute atomic E-state index is 0.178. The third kappa shape index (κ3) is 3.49. The number of benzene rings is 1. The molecule has 25 heavy (non-hydrogen) atoms. The molecule has 2 aromatic heterocycles. The van der Waals surface area contributed by atoms with Crippen LogP contribution in [0.15, 0.2) is 42.7 Å². The largest absolute Gasteiger partial charge is 0.374 e. The average molecular weight is 337 g/mol. The van der Waals surface area contributed by atoms with Crippen molar-refractivity contribution >= 4 is 11.6 Å². The summed E-state index contributed by atoms with van der Waals surface area (Å²) in [7, 11) is 0. The van der Waals surface area contributed by atoms with Crippen molar-refractivity contribution in [2.75, 3.05) is 24.6 Å². The average Bonchev–Trinajstić information content (AvgIpc) is 3.11. The topological polar surface area (TPSA) is 55.6 Å². The number of nitrogens with zero attached hydrogens (tertiary/aromatic N) is 5. The highest BCUT2D eigenvalue weighted by Gasteiger charge is 2.23. The number of rotatable bonds is 5. The Kier molecular flexibility index (Phi) is 4.61. The first-order valence-corrected chi connectivity index (χ1v) is 8.93. The molecule has 3 aromatic rings. The van der Waals surface area contributed by atoms with Gasteiger partial charge in [-0.3, -0.25) is 0 Å². The first-order valence-electron chi connectivity index (χ1n) is 8.93. The van der Waals surface area contributed by atoms with Gasteiger partial charge in [0.2, 0.25) is 0 Å². The summed E-state index contributed by atoms with van der Waals surface area (Å²) in [6.45, 7) is 4.59. The summed E-state index contributed by atoms with van der Waals surface area (Å²) < 4.78 is 7.84. The van der Waals surface area contributed by atoms with Gasteiger partial charge in [0.05, 0.1) is 12.7 Å². The van der Waals surface area contributed by atoms with Crippen LogP contribution in [0.3, 0.4) is 0 Å². The maximum absolute atomic E-state index is 6.00. The zero-order valence-corrected chi connectivity index (χ0v) is 14.5. The number of aryl methyl sites for hydroxylation is 1. The second-order valence-corrected chi connectivity index (χ2v) is 6.46. The van der Waals surface area contributed by atoms with Crippen LogP contribution in [0.5, 0.6) is 0 Å². The summed E-state index contributed by atoms with van der Waals surface area (Å²) in [5.74, 6) is 1.74. The van der Waals surface area contributed by atoms with E-state index in [4.69, 9.17) is 4.74 Å². The van der Waals surface area contributed by atoms with Gasteiger partial charge in [0, 0.05) is 31.3 Å². The van der Waals surface area contributed by atoms with Crippen LogP contribution in [0.25, 0.3) is 5.78 Å². The van der Waals surface area contributed by atoms with Crippen LogP contribution in [0.2, 0.25) is 0 Å². The molecule has 1 atom stereocenters. The molecule has 0 spiro atoms. The molecule has 130 valence electrons. The van der Waals surface area contributed by atoms with E-state index in [1.807, 2.05) is 10.6 Å². The van der Waals surface area contributed by atoms with Crippen molar-refractivity contribution in [3.05, 3.63) is 54.0 Å². The molecule has 6 heteroatoms. The number of ether oxygens (including phenoxy) is 1. The van der Waals surface area contributed by atoms with Crippen LogP contribution < -0.4 is 4.90 Å². The third-order valence-corrected chi connectivity index (χ3v) is 4.56.